The van der Waals surface area contributed by atoms with Gasteiger partial charge in [0, 0.05) is 16.1 Å². The molecule has 0 spiro atoms. The number of aromatic nitrogens is 1. The average molecular weight is 365 g/mol. The zero-order valence-corrected chi connectivity index (χ0v) is 14.9. The molecule has 0 bridgehead atoms. The summed E-state index contributed by atoms with van der Waals surface area (Å²) in [7, 11) is 0. The van der Waals surface area contributed by atoms with Gasteiger partial charge in [0.25, 0.3) is 0 Å². The predicted octanol–water partition coefficient (Wildman–Crippen LogP) is 5.35. The van der Waals surface area contributed by atoms with Gasteiger partial charge < -0.3 is 10.6 Å². The number of hydrogen-bond acceptors (Lipinski definition) is 4. The molecular weight excluding hydrogens is 350 g/mol. The van der Waals surface area contributed by atoms with Gasteiger partial charge >= 0.3 is 6.03 Å². The molecule has 2 N–H and O–H groups in total. The third-order valence-electron chi connectivity index (χ3n) is 3.69. The quantitative estimate of drug-likeness (QED) is 0.512. The van der Waals surface area contributed by atoms with E-state index in [-0.39, 0.29) is 6.03 Å². The third-order valence-corrected chi connectivity index (χ3v) is 5.65. The van der Waals surface area contributed by atoms with Gasteiger partial charge in [0.05, 0.1) is 16.8 Å². The van der Waals surface area contributed by atoms with Crippen LogP contribution in [0.25, 0.3) is 20.8 Å². The summed E-state index contributed by atoms with van der Waals surface area (Å²) < 4.78 is 1.17. The van der Waals surface area contributed by atoms with Gasteiger partial charge in [0.15, 0.2) is 0 Å². The van der Waals surface area contributed by atoms with Crippen LogP contribution < -0.4 is 10.6 Å². The van der Waals surface area contributed by atoms with Gasteiger partial charge in [-0.25, -0.2) is 9.78 Å². The molecule has 0 atom stereocenters. The Balaban J connectivity index is 1.42. The lowest BCUT2D eigenvalue weighted by Crippen LogP contribution is -2.27. The van der Waals surface area contributed by atoms with Gasteiger partial charge in [0.2, 0.25) is 0 Å². The molecule has 4 nitrogen and oxygen atoms in total. The lowest BCUT2D eigenvalue weighted by Gasteiger charge is -2.07. The Hall–Kier alpha value is -2.70. The highest BCUT2D eigenvalue weighted by Crippen LogP contribution is 2.30. The number of urea groups is 1. The van der Waals surface area contributed by atoms with Crippen molar-refractivity contribution in [3.05, 3.63) is 70.9 Å². The minimum Gasteiger partial charge on any atom is -0.333 e. The van der Waals surface area contributed by atoms with E-state index in [4.69, 9.17) is 0 Å². The van der Waals surface area contributed by atoms with E-state index in [1.165, 1.54) is 4.70 Å². The van der Waals surface area contributed by atoms with E-state index in [0.717, 1.165) is 26.7 Å². The highest BCUT2D eigenvalue weighted by Gasteiger charge is 2.07. The van der Waals surface area contributed by atoms with Gasteiger partial charge in [-0.1, -0.05) is 18.2 Å². The number of anilines is 1. The van der Waals surface area contributed by atoms with Crippen LogP contribution in [0.2, 0.25) is 0 Å². The first-order chi connectivity index (χ1) is 12.3. The maximum atomic E-state index is 12.0. The number of nitrogens with zero attached hydrogens (tertiary/aromatic N) is 1. The monoisotopic (exact) mass is 365 g/mol. The van der Waals surface area contributed by atoms with Crippen LogP contribution in [0.5, 0.6) is 0 Å². The number of carbonyl (C=O) groups is 1. The predicted molar refractivity (Wildman–Crippen MR) is 105 cm³/mol. The molecule has 0 unspecified atom stereocenters. The minimum atomic E-state index is -0.207. The topological polar surface area (TPSA) is 54.0 Å². The number of benzene rings is 2. The molecule has 0 radical (unpaired) electrons. The summed E-state index contributed by atoms with van der Waals surface area (Å²) in [5.74, 6) is 0. The van der Waals surface area contributed by atoms with Crippen LogP contribution in [0.4, 0.5) is 10.5 Å². The molecule has 124 valence electrons. The minimum absolute atomic E-state index is 0.207. The summed E-state index contributed by atoms with van der Waals surface area (Å²) in [6.45, 7) is 0.535. The molecule has 2 heterocycles. The number of thiophene rings is 1. The first-order valence-corrected chi connectivity index (χ1v) is 9.51. The number of carbonyl (C=O) groups excluding carboxylic acids is 1. The lowest BCUT2D eigenvalue weighted by atomic mass is 10.2. The van der Waals surface area contributed by atoms with Crippen LogP contribution >= 0.6 is 22.7 Å². The molecule has 0 aliphatic heterocycles. The van der Waals surface area contributed by atoms with E-state index < -0.39 is 0 Å². The zero-order chi connectivity index (χ0) is 17.1. The largest absolute Gasteiger partial charge is 0.333 e. The second-order valence-corrected chi connectivity index (χ2v) is 7.51. The van der Waals surface area contributed by atoms with Gasteiger partial charge in [-0.15, -0.1) is 22.7 Å². The first kappa shape index (κ1) is 15.8. The fraction of sp³-hybridized carbons (Fsp3) is 0.0526. The van der Waals surface area contributed by atoms with Gasteiger partial charge in [-0.2, -0.15) is 0 Å². The Morgan fingerprint density at radius 1 is 1.00 bits per heavy atom. The van der Waals surface area contributed by atoms with Crippen molar-refractivity contribution < 1.29 is 4.79 Å². The Morgan fingerprint density at radius 3 is 2.60 bits per heavy atom. The second kappa shape index (κ2) is 7.04. The maximum Gasteiger partial charge on any atom is 0.319 e. The van der Waals surface area contributed by atoms with Crippen molar-refractivity contribution in [2.75, 3.05) is 5.32 Å². The van der Waals surface area contributed by atoms with Crippen molar-refractivity contribution >= 4 is 44.6 Å². The zero-order valence-electron chi connectivity index (χ0n) is 13.2. The number of nitrogens with one attached hydrogen (secondary N) is 2. The van der Waals surface area contributed by atoms with Crippen LogP contribution in [0.3, 0.4) is 0 Å². The number of fused-ring (bicyclic) bond motifs is 1. The fourth-order valence-corrected chi connectivity index (χ4v) is 4.06. The Bertz CT molecular complexity index is 958. The van der Waals surface area contributed by atoms with Crippen LogP contribution in [-0.2, 0) is 6.54 Å². The fourth-order valence-electron chi connectivity index (χ4n) is 2.45. The van der Waals surface area contributed by atoms with Gasteiger partial charge in [-0.3, -0.25) is 0 Å². The van der Waals surface area contributed by atoms with Crippen LogP contribution in [-0.4, -0.2) is 11.0 Å². The lowest BCUT2D eigenvalue weighted by molar-refractivity contribution is 0.252. The number of para-hydroxylation sites is 1. The van der Waals surface area contributed by atoms with Gasteiger partial charge in [-0.05, 0) is 47.8 Å². The highest BCUT2D eigenvalue weighted by atomic mass is 32.1. The average Bonchev–Trinajstić information content (AvgIpc) is 3.30. The smallest absolute Gasteiger partial charge is 0.319 e. The molecule has 25 heavy (non-hydrogen) atoms. The molecule has 0 saturated heterocycles. The van der Waals surface area contributed by atoms with Gasteiger partial charge in [0.1, 0.15) is 5.01 Å². The number of thiazole rings is 1. The molecule has 2 amide bonds. The summed E-state index contributed by atoms with van der Waals surface area (Å²) in [6, 6.07) is 19.6. The van der Waals surface area contributed by atoms with E-state index in [9.17, 15) is 4.79 Å². The van der Waals surface area contributed by atoms with Crippen LogP contribution in [0.1, 0.15) is 4.88 Å². The van der Waals surface area contributed by atoms with Crippen molar-refractivity contribution in [3.63, 3.8) is 0 Å². The Morgan fingerprint density at radius 2 is 1.84 bits per heavy atom. The molecule has 0 aliphatic rings. The SMILES string of the molecule is O=C(NCc1cccs1)Nc1ccc(-c2nc3ccccc3s2)cc1. The van der Waals surface area contributed by atoms with Crippen molar-refractivity contribution in [1.29, 1.82) is 0 Å². The number of hydrogen-bond donors (Lipinski definition) is 2. The van der Waals surface area contributed by atoms with E-state index in [1.807, 2.05) is 60.0 Å². The summed E-state index contributed by atoms with van der Waals surface area (Å²) in [6.07, 6.45) is 0. The molecule has 4 rings (SSSR count). The summed E-state index contributed by atoms with van der Waals surface area (Å²) in [5.41, 5.74) is 2.82. The van der Waals surface area contributed by atoms with Crippen molar-refractivity contribution in [2.24, 2.45) is 0 Å². The van der Waals surface area contributed by atoms with Crippen LogP contribution in [0.15, 0.2) is 66.0 Å². The first-order valence-electron chi connectivity index (χ1n) is 7.81. The molecule has 0 fully saturated rings. The summed E-state index contributed by atoms with van der Waals surface area (Å²) in [4.78, 5) is 17.7. The normalized spacial score (nSPS) is 10.7. The summed E-state index contributed by atoms with van der Waals surface area (Å²) >= 11 is 3.29. The maximum absolute atomic E-state index is 12.0. The number of rotatable bonds is 4. The molecule has 2 aromatic carbocycles. The van der Waals surface area contributed by atoms with E-state index in [0.29, 0.717) is 6.54 Å². The standard InChI is InChI=1S/C19H15N3OS2/c23-19(20-12-15-4-3-11-24-15)21-14-9-7-13(8-10-14)18-22-16-5-1-2-6-17(16)25-18/h1-11H,12H2,(H2,20,21,23). The molecule has 6 heteroatoms. The van der Waals surface area contributed by atoms with Crippen molar-refractivity contribution in [2.45, 2.75) is 6.54 Å². The number of amides is 2. The highest BCUT2D eigenvalue weighted by molar-refractivity contribution is 7.21. The molecule has 0 aliphatic carbocycles. The van der Waals surface area contributed by atoms with Crippen LogP contribution in [0, 0.1) is 0 Å². The van der Waals surface area contributed by atoms with Crippen molar-refractivity contribution in [1.82, 2.24) is 10.3 Å². The van der Waals surface area contributed by atoms with Crippen molar-refractivity contribution in [3.8, 4) is 10.6 Å². The summed E-state index contributed by atoms with van der Waals surface area (Å²) in [5, 5.41) is 8.67. The second-order valence-electron chi connectivity index (χ2n) is 5.45. The molecule has 4 aromatic rings. The Kier molecular flexibility index (Phi) is 4.45. The molecule has 2 aromatic heterocycles. The third kappa shape index (κ3) is 3.70. The van der Waals surface area contributed by atoms with E-state index in [1.54, 1.807) is 22.7 Å². The molecule has 0 saturated carbocycles. The Labute approximate surface area is 153 Å². The molecular formula is C19H15N3OS2. The van der Waals surface area contributed by atoms with E-state index >= 15 is 0 Å². The van der Waals surface area contributed by atoms with E-state index in [2.05, 4.69) is 21.7 Å².